The third-order valence-electron chi connectivity index (χ3n) is 5.92. The number of urea groups is 1. The van der Waals surface area contributed by atoms with Crippen molar-refractivity contribution in [2.45, 2.75) is 69.1 Å². The molecular weight excluding hydrogens is 316 g/mol. The molecule has 1 aromatic carbocycles. The van der Waals surface area contributed by atoms with Crippen molar-refractivity contribution in [2.24, 2.45) is 0 Å². The van der Waals surface area contributed by atoms with Crippen LogP contribution in [-0.2, 0) is 4.74 Å². The summed E-state index contributed by atoms with van der Waals surface area (Å²) in [7, 11) is 3.48. The van der Waals surface area contributed by atoms with Crippen LogP contribution < -0.4 is 15.4 Å². The zero-order chi connectivity index (χ0) is 17.9. The fourth-order valence-electron chi connectivity index (χ4n) is 3.98. The Bertz CT molecular complexity index is 590. The Morgan fingerprint density at radius 1 is 1.08 bits per heavy atom. The van der Waals surface area contributed by atoms with Gasteiger partial charge in [-0.3, -0.25) is 0 Å². The summed E-state index contributed by atoms with van der Waals surface area (Å²) in [6, 6.07) is 8.63. The fourth-order valence-corrected chi connectivity index (χ4v) is 3.98. The van der Waals surface area contributed by atoms with Crippen molar-refractivity contribution in [3.63, 3.8) is 0 Å². The molecule has 0 saturated heterocycles. The number of ether oxygens (including phenoxy) is 2. The molecule has 0 aliphatic heterocycles. The van der Waals surface area contributed by atoms with Crippen molar-refractivity contribution in [3.05, 3.63) is 29.8 Å². The van der Waals surface area contributed by atoms with Crippen LogP contribution in [0.25, 0.3) is 0 Å². The van der Waals surface area contributed by atoms with Crippen LogP contribution in [0.4, 0.5) is 4.79 Å². The molecule has 2 amide bonds. The first kappa shape index (κ1) is 18.1. The van der Waals surface area contributed by atoms with Crippen LogP contribution in [0.5, 0.6) is 5.75 Å². The monoisotopic (exact) mass is 346 g/mol. The Kier molecular flexibility index (Phi) is 5.52. The van der Waals surface area contributed by atoms with Gasteiger partial charge in [-0.1, -0.05) is 18.2 Å². The summed E-state index contributed by atoms with van der Waals surface area (Å²) in [4.78, 5) is 12.2. The quantitative estimate of drug-likeness (QED) is 0.856. The lowest BCUT2D eigenvalue weighted by Crippen LogP contribution is -2.51. The van der Waals surface area contributed by atoms with Crippen LogP contribution in [0.15, 0.2) is 24.3 Å². The van der Waals surface area contributed by atoms with Crippen LogP contribution in [-0.4, -0.2) is 37.9 Å². The molecule has 2 aliphatic rings. The van der Waals surface area contributed by atoms with Gasteiger partial charge in [0.25, 0.3) is 0 Å². The highest BCUT2D eigenvalue weighted by atomic mass is 16.5. The predicted octanol–water partition coefficient (Wildman–Crippen LogP) is 3.59. The van der Waals surface area contributed by atoms with E-state index in [-0.39, 0.29) is 23.7 Å². The Hall–Kier alpha value is -1.75. The minimum Gasteiger partial charge on any atom is -0.496 e. The van der Waals surface area contributed by atoms with Gasteiger partial charge in [-0.05, 0) is 63.0 Å². The molecule has 0 heterocycles. The summed E-state index contributed by atoms with van der Waals surface area (Å²) < 4.78 is 11.0. The maximum Gasteiger partial charge on any atom is 0.315 e. The highest BCUT2D eigenvalue weighted by Gasteiger charge is 2.34. The van der Waals surface area contributed by atoms with E-state index in [0.717, 1.165) is 44.3 Å². The van der Waals surface area contributed by atoms with Gasteiger partial charge in [0.15, 0.2) is 0 Å². The van der Waals surface area contributed by atoms with E-state index in [1.807, 2.05) is 18.2 Å². The number of rotatable bonds is 5. The number of hydrogen-bond acceptors (Lipinski definition) is 3. The zero-order valence-electron chi connectivity index (χ0n) is 15.5. The van der Waals surface area contributed by atoms with Crippen molar-refractivity contribution >= 4 is 6.03 Å². The molecule has 138 valence electrons. The van der Waals surface area contributed by atoms with Crippen molar-refractivity contribution in [3.8, 4) is 5.75 Å². The summed E-state index contributed by atoms with van der Waals surface area (Å²) in [5, 5.41) is 6.24. The Morgan fingerprint density at radius 2 is 1.72 bits per heavy atom. The summed E-state index contributed by atoms with van der Waals surface area (Å²) >= 11 is 0. The lowest BCUT2D eigenvalue weighted by molar-refractivity contribution is -0.0283. The number of carbonyl (C=O) groups is 1. The average molecular weight is 346 g/mol. The van der Waals surface area contributed by atoms with E-state index in [0.29, 0.717) is 5.92 Å². The molecule has 0 aromatic heterocycles. The number of methoxy groups -OCH3 is 2. The minimum absolute atomic E-state index is 0.0232. The number of nitrogens with one attached hydrogen (secondary N) is 2. The Morgan fingerprint density at radius 3 is 2.36 bits per heavy atom. The van der Waals surface area contributed by atoms with E-state index < -0.39 is 0 Å². The second-order valence-electron chi connectivity index (χ2n) is 7.65. The Balaban J connectivity index is 1.41. The van der Waals surface area contributed by atoms with Crippen molar-refractivity contribution in [1.29, 1.82) is 0 Å². The van der Waals surface area contributed by atoms with Gasteiger partial charge in [0.2, 0.25) is 0 Å². The highest BCUT2D eigenvalue weighted by Crippen LogP contribution is 2.41. The number of benzene rings is 1. The Labute approximate surface area is 150 Å². The van der Waals surface area contributed by atoms with Crippen LogP contribution in [0.2, 0.25) is 0 Å². The highest BCUT2D eigenvalue weighted by molar-refractivity contribution is 5.74. The van der Waals surface area contributed by atoms with E-state index in [2.05, 4.69) is 23.6 Å². The van der Waals surface area contributed by atoms with E-state index in [1.54, 1.807) is 14.2 Å². The molecule has 25 heavy (non-hydrogen) atoms. The lowest BCUT2D eigenvalue weighted by atomic mass is 9.75. The molecule has 0 spiro atoms. The maximum atomic E-state index is 12.2. The smallest absolute Gasteiger partial charge is 0.315 e. The largest absolute Gasteiger partial charge is 0.496 e. The molecule has 0 bridgehead atoms. The maximum absolute atomic E-state index is 12.2. The van der Waals surface area contributed by atoms with Gasteiger partial charge in [0.05, 0.1) is 12.7 Å². The number of para-hydroxylation sites is 1. The number of carbonyl (C=O) groups excluding carboxylic acids is 1. The summed E-state index contributed by atoms with van der Waals surface area (Å²) in [5.74, 6) is 1.41. The van der Waals surface area contributed by atoms with Crippen molar-refractivity contribution in [2.75, 3.05) is 14.2 Å². The molecule has 0 unspecified atom stereocenters. The topological polar surface area (TPSA) is 59.6 Å². The SMILES string of the molecule is COc1ccccc1C1CC(NC(=O)NC2CCC(C)(OC)CC2)C1. The lowest BCUT2D eigenvalue weighted by Gasteiger charge is -2.38. The zero-order valence-corrected chi connectivity index (χ0v) is 15.5. The molecule has 1 aromatic rings. The molecule has 0 radical (unpaired) electrons. The average Bonchev–Trinajstić information content (AvgIpc) is 2.60. The minimum atomic E-state index is -0.0329. The first-order valence-corrected chi connectivity index (χ1v) is 9.28. The fraction of sp³-hybridized carbons (Fsp3) is 0.650. The van der Waals surface area contributed by atoms with Gasteiger partial charge < -0.3 is 20.1 Å². The second kappa shape index (κ2) is 7.65. The molecule has 2 aliphatic carbocycles. The van der Waals surface area contributed by atoms with E-state index >= 15 is 0 Å². The molecule has 2 saturated carbocycles. The normalized spacial score (nSPS) is 31.7. The molecule has 2 N–H and O–H groups in total. The molecular formula is C20H30N2O3. The van der Waals surface area contributed by atoms with Gasteiger partial charge >= 0.3 is 6.03 Å². The molecule has 2 fully saturated rings. The molecule has 5 nitrogen and oxygen atoms in total. The van der Waals surface area contributed by atoms with Crippen LogP contribution in [0.1, 0.15) is 56.9 Å². The van der Waals surface area contributed by atoms with E-state index in [1.165, 1.54) is 5.56 Å². The molecule has 3 rings (SSSR count). The van der Waals surface area contributed by atoms with Gasteiger partial charge in [-0.2, -0.15) is 0 Å². The summed E-state index contributed by atoms with van der Waals surface area (Å²) in [6.45, 7) is 2.15. The van der Waals surface area contributed by atoms with Crippen LogP contribution in [0, 0.1) is 0 Å². The van der Waals surface area contributed by atoms with E-state index in [9.17, 15) is 4.79 Å². The van der Waals surface area contributed by atoms with Gasteiger partial charge in [0.1, 0.15) is 5.75 Å². The molecule has 0 atom stereocenters. The summed E-state index contributed by atoms with van der Waals surface area (Å²) in [6.07, 6.45) is 5.89. The van der Waals surface area contributed by atoms with E-state index in [4.69, 9.17) is 9.47 Å². The molecule has 5 heteroatoms. The summed E-state index contributed by atoms with van der Waals surface area (Å²) in [5.41, 5.74) is 1.22. The first-order chi connectivity index (χ1) is 12.0. The number of amides is 2. The second-order valence-corrected chi connectivity index (χ2v) is 7.65. The standard InChI is InChI=1S/C20H30N2O3/c1-20(25-3)10-8-15(9-11-20)21-19(23)22-16-12-14(13-16)17-6-4-5-7-18(17)24-2/h4-7,14-16H,8-13H2,1-3H3,(H2,21,22,23). The van der Waals surface area contributed by atoms with Gasteiger partial charge in [-0.15, -0.1) is 0 Å². The van der Waals surface area contributed by atoms with Crippen LogP contribution in [0.3, 0.4) is 0 Å². The van der Waals surface area contributed by atoms with Gasteiger partial charge in [0, 0.05) is 19.2 Å². The van der Waals surface area contributed by atoms with Crippen molar-refractivity contribution < 1.29 is 14.3 Å². The van der Waals surface area contributed by atoms with Gasteiger partial charge in [-0.25, -0.2) is 4.79 Å². The predicted molar refractivity (Wildman–Crippen MR) is 98.1 cm³/mol. The first-order valence-electron chi connectivity index (χ1n) is 9.28. The number of hydrogen-bond donors (Lipinski definition) is 2. The third kappa shape index (κ3) is 4.27. The van der Waals surface area contributed by atoms with Crippen molar-refractivity contribution in [1.82, 2.24) is 10.6 Å². The van der Waals surface area contributed by atoms with Crippen LogP contribution >= 0.6 is 0 Å². The third-order valence-corrected chi connectivity index (χ3v) is 5.92.